The fraction of sp³-hybridized carbons (Fsp3) is 0.438. The zero-order valence-electron chi connectivity index (χ0n) is 10.9. The van der Waals surface area contributed by atoms with Gasteiger partial charge < -0.3 is 9.47 Å². The molecule has 0 bridgehead atoms. The zero-order valence-corrected chi connectivity index (χ0v) is 10.9. The molecule has 2 aliphatic carbocycles. The number of fused-ring (bicyclic) bond motifs is 3. The van der Waals surface area contributed by atoms with Gasteiger partial charge in [-0.25, -0.2) is 0 Å². The molecule has 0 radical (unpaired) electrons. The van der Waals surface area contributed by atoms with E-state index in [0.29, 0.717) is 6.61 Å². The molecule has 1 atom stereocenters. The lowest BCUT2D eigenvalue weighted by Crippen LogP contribution is -2.29. The number of hydrogen-bond donors (Lipinski definition) is 0. The lowest BCUT2D eigenvalue weighted by atomic mass is 9.87. The average molecular weight is 256 g/mol. The van der Waals surface area contributed by atoms with E-state index >= 15 is 0 Å². The van der Waals surface area contributed by atoms with Crippen molar-refractivity contribution in [1.82, 2.24) is 0 Å². The molecule has 1 unspecified atom stereocenters. The Balaban J connectivity index is 1.83. The maximum atomic E-state index is 12.6. The van der Waals surface area contributed by atoms with E-state index in [-0.39, 0.29) is 17.5 Å². The summed E-state index contributed by atoms with van der Waals surface area (Å²) in [7, 11) is 0. The maximum absolute atomic E-state index is 12.6. The Morgan fingerprint density at radius 3 is 2.74 bits per heavy atom. The standard InChI is InChI=1S/C16H16O3/c1-2-18-12-9-16(7-8-16)13-14(17)10-5-3-4-6-11(10)15(13)19-12/h3-6,12H,2,7-9H2,1H3. The van der Waals surface area contributed by atoms with Gasteiger partial charge >= 0.3 is 0 Å². The minimum atomic E-state index is -0.204. The van der Waals surface area contributed by atoms with E-state index in [1.165, 1.54) is 0 Å². The van der Waals surface area contributed by atoms with Gasteiger partial charge in [-0.3, -0.25) is 4.79 Å². The highest BCUT2D eigenvalue weighted by Crippen LogP contribution is 2.62. The van der Waals surface area contributed by atoms with Crippen molar-refractivity contribution in [2.24, 2.45) is 5.41 Å². The summed E-state index contributed by atoms with van der Waals surface area (Å²) in [5, 5.41) is 0. The van der Waals surface area contributed by atoms with Crippen LogP contribution in [0.5, 0.6) is 0 Å². The number of carbonyl (C=O) groups excluding carboxylic acids is 1. The van der Waals surface area contributed by atoms with Crippen LogP contribution < -0.4 is 0 Å². The van der Waals surface area contributed by atoms with Gasteiger partial charge in [0.05, 0.1) is 0 Å². The van der Waals surface area contributed by atoms with Gasteiger partial charge in [-0.15, -0.1) is 0 Å². The number of hydrogen-bond acceptors (Lipinski definition) is 3. The molecule has 3 aliphatic rings. The molecule has 0 amide bonds. The summed E-state index contributed by atoms with van der Waals surface area (Å²) in [6, 6.07) is 7.73. The maximum Gasteiger partial charge on any atom is 0.200 e. The average Bonchev–Trinajstić information content (AvgIpc) is 3.11. The Labute approximate surface area is 112 Å². The highest BCUT2D eigenvalue weighted by molar-refractivity contribution is 6.21. The van der Waals surface area contributed by atoms with Crippen molar-refractivity contribution < 1.29 is 14.3 Å². The van der Waals surface area contributed by atoms with Crippen molar-refractivity contribution in [3.8, 4) is 0 Å². The van der Waals surface area contributed by atoms with Gasteiger partial charge in [0.1, 0.15) is 5.76 Å². The molecule has 0 aromatic heterocycles. The van der Waals surface area contributed by atoms with E-state index in [1.54, 1.807) is 0 Å². The number of carbonyl (C=O) groups is 1. The molecule has 1 saturated carbocycles. The first-order chi connectivity index (χ1) is 9.25. The first kappa shape index (κ1) is 11.2. The summed E-state index contributed by atoms with van der Waals surface area (Å²) in [6.45, 7) is 2.61. The Kier molecular flexibility index (Phi) is 2.19. The molecule has 3 nitrogen and oxygen atoms in total. The van der Waals surface area contributed by atoms with Gasteiger partial charge in [-0.2, -0.15) is 0 Å². The third-order valence-corrected chi connectivity index (χ3v) is 4.41. The van der Waals surface area contributed by atoms with Crippen LogP contribution in [-0.4, -0.2) is 18.7 Å². The minimum Gasteiger partial charge on any atom is -0.464 e. The van der Waals surface area contributed by atoms with Gasteiger partial charge in [0.2, 0.25) is 6.29 Å². The van der Waals surface area contributed by atoms with Gasteiger partial charge in [-0.1, -0.05) is 24.3 Å². The van der Waals surface area contributed by atoms with Crippen molar-refractivity contribution in [3.05, 3.63) is 41.0 Å². The predicted octanol–water partition coefficient (Wildman–Crippen LogP) is 3.16. The molecule has 1 spiro atoms. The largest absolute Gasteiger partial charge is 0.464 e. The minimum absolute atomic E-state index is 0.0313. The van der Waals surface area contributed by atoms with Crippen LogP contribution in [0.25, 0.3) is 5.76 Å². The first-order valence-electron chi connectivity index (χ1n) is 6.92. The van der Waals surface area contributed by atoms with Crippen molar-refractivity contribution in [2.45, 2.75) is 32.5 Å². The van der Waals surface area contributed by atoms with E-state index < -0.39 is 0 Å². The second kappa shape index (κ2) is 3.70. The molecular weight excluding hydrogens is 240 g/mol. The van der Waals surface area contributed by atoms with E-state index in [4.69, 9.17) is 9.47 Å². The molecule has 1 fully saturated rings. The molecule has 0 N–H and O–H groups in total. The van der Waals surface area contributed by atoms with Crippen LogP contribution in [-0.2, 0) is 9.47 Å². The molecule has 4 rings (SSSR count). The number of Topliss-reactive ketones (excluding diaryl/α,β-unsaturated/α-hetero) is 1. The van der Waals surface area contributed by atoms with E-state index in [0.717, 1.165) is 41.7 Å². The summed E-state index contributed by atoms with van der Waals surface area (Å²) in [6.07, 6.45) is 2.78. The van der Waals surface area contributed by atoms with Gasteiger partial charge in [0.15, 0.2) is 5.78 Å². The van der Waals surface area contributed by atoms with Crippen LogP contribution >= 0.6 is 0 Å². The van der Waals surface area contributed by atoms with Crippen molar-refractivity contribution in [1.29, 1.82) is 0 Å². The van der Waals surface area contributed by atoms with Crippen LogP contribution in [0.1, 0.15) is 42.1 Å². The zero-order chi connectivity index (χ0) is 13.0. The van der Waals surface area contributed by atoms with Crippen molar-refractivity contribution in [2.75, 3.05) is 6.61 Å². The number of ether oxygens (including phenoxy) is 2. The molecular formula is C16H16O3. The SMILES string of the molecule is CCOC1CC2(CC2)C2=C(O1)c1ccccc1C2=O. The van der Waals surface area contributed by atoms with Gasteiger partial charge in [0.25, 0.3) is 0 Å². The Bertz CT molecular complexity index is 596. The molecule has 98 valence electrons. The number of benzene rings is 1. The predicted molar refractivity (Wildman–Crippen MR) is 70.5 cm³/mol. The van der Waals surface area contributed by atoms with Gasteiger partial charge in [0, 0.05) is 35.1 Å². The quantitative estimate of drug-likeness (QED) is 0.815. The fourth-order valence-electron chi connectivity index (χ4n) is 3.33. The molecule has 0 saturated heterocycles. The second-order valence-electron chi connectivity index (χ2n) is 5.57. The monoisotopic (exact) mass is 256 g/mol. The smallest absolute Gasteiger partial charge is 0.200 e. The van der Waals surface area contributed by atoms with Gasteiger partial charge in [-0.05, 0) is 19.8 Å². The molecule has 19 heavy (non-hydrogen) atoms. The van der Waals surface area contributed by atoms with E-state index in [9.17, 15) is 4.79 Å². The first-order valence-corrected chi connectivity index (χ1v) is 6.92. The third-order valence-electron chi connectivity index (χ3n) is 4.41. The number of allylic oxidation sites excluding steroid dienone is 1. The number of rotatable bonds is 2. The highest BCUT2D eigenvalue weighted by Gasteiger charge is 2.57. The Hall–Kier alpha value is -1.61. The van der Waals surface area contributed by atoms with Crippen LogP contribution in [0.15, 0.2) is 29.8 Å². The summed E-state index contributed by atoms with van der Waals surface area (Å²) in [4.78, 5) is 12.6. The summed E-state index contributed by atoms with van der Waals surface area (Å²) in [5.74, 6) is 0.945. The Morgan fingerprint density at radius 1 is 1.32 bits per heavy atom. The summed E-state index contributed by atoms with van der Waals surface area (Å²) in [5.41, 5.74) is 2.67. The molecule has 1 aromatic carbocycles. The Morgan fingerprint density at radius 2 is 2.05 bits per heavy atom. The highest BCUT2D eigenvalue weighted by atomic mass is 16.7. The molecule has 1 heterocycles. The lowest BCUT2D eigenvalue weighted by molar-refractivity contribution is -0.112. The number of ketones is 1. The summed E-state index contributed by atoms with van der Waals surface area (Å²) < 4.78 is 11.6. The molecule has 3 heteroatoms. The van der Waals surface area contributed by atoms with Crippen LogP contribution in [0.4, 0.5) is 0 Å². The lowest BCUT2D eigenvalue weighted by Gasteiger charge is -2.31. The van der Waals surface area contributed by atoms with E-state index in [1.807, 2.05) is 31.2 Å². The summed E-state index contributed by atoms with van der Waals surface area (Å²) >= 11 is 0. The van der Waals surface area contributed by atoms with E-state index in [2.05, 4.69) is 0 Å². The molecule has 1 aromatic rings. The fourth-order valence-corrected chi connectivity index (χ4v) is 3.33. The third kappa shape index (κ3) is 1.45. The molecule has 1 aliphatic heterocycles. The topological polar surface area (TPSA) is 35.5 Å². The van der Waals surface area contributed by atoms with Crippen molar-refractivity contribution in [3.63, 3.8) is 0 Å². The van der Waals surface area contributed by atoms with Crippen LogP contribution in [0, 0.1) is 5.41 Å². The normalized spacial score (nSPS) is 26.2. The second-order valence-corrected chi connectivity index (χ2v) is 5.57. The van der Waals surface area contributed by atoms with Crippen LogP contribution in [0.3, 0.4) is 0 Å². The van der Waals surface area contributed by atoms with Crippen LogP contribution in [0.2, 0.25) is 0 Å². The van der Waals surface area contributed by atoms with Crippen molar-refractivity contribution >= 4 is 11.5 Å².